The molecule has 0 spiro atoms. The summed E-state index contributed by atoms with van der Waals surface area (Å²) in [4.78, 5) is 2.59. The molecule has 0 saturated carbocycles. The average molecular weight is 586 g/mol. The summed E-state index contributed by atoms with van der Waals surface area (Å²) in [5, 5.41) is 0. The lowest BCUT2D eigenvalue weighted by molar-refractivity contribution is 0.192. The number of nitrogens with one attached hydrogen (secondary N) is 2. The quantitative estimate of drug-likeness (QED) is 0.274. The third kappa shape index (κ3) is 9.24. The second-order valence-electron chi connectivity index (χ2n) is 11.2. The van der Waals surface area contributed by atoms with Crippen LogP contribution < -0.4 is 9.44 Å². The predicted octanol–water partition coefficient (Wildman–Crippen LogP) is 5.11. The van der Waals surface area contributed by atoms with E-state index in [0.29, 0.717) is 19.6 Å². The van der Waals surface area contributed by atoms with Crippen molar-refractivity contribution in [3.8, 4) is 0 Å². The van der Waals surface area contributed by atoms with Gasteiger partial charge in [-0.3, -0.25) is 4.90 Å². The topological polar surface area (TPSA) is 95.6 Å². The van der Waals surface area contributed by atoms with Gasteiger partial charge in [-0.1, -0.05) is 93.4 Å². The smallest absolute Gasteiger partial charge is 0.240 e. The Bertz CT molecular complexity index is 1330. The van der Waals surface area contributed by atoms with Gasteiger partial charge in [-0.2, -0.15) is 0 Å². The summed E-state index contributed by atoms with van der Waals surface area (Å²) in [5.41, 5.74) is 3.04. The van der Waals surface area contributed by atoms with Crippen molar-refractivity contribution >= 4 is 20.0 Å². The van der Waals surface area contributed by atoms with E-state index in [1.54, 1.807) is 48.5 Å². The number of aryl methyl sites for hydroxylation is 2. The van der Waals surface area contributed by atoms with Gasteiger partial charge in [-0.05, 0) is 55.5 Å². The highest BCUT2D eigenvalue weighted by Gasteiger charge is 2.29. The van der Waals surface area contributed by atoms with E-state index in [-0.39, 0.29) is 21.6 Å². The molecule has 0 aliphatic heterocycles. The van der Waals surface area contributed by atoms with Crippen LogP contribution in [0.15, 0.2) is 88.7 Å². The van der Waals surface area contributed by atoms with E-state index in [9.17, 15) is 16.8 Å². The minimum Gasteiger partial charge on any atom is -0.296 e. The first-order valence-corrected chi connectivity index (χ1v) is 16.7. The molecule has 0 aliphatic carbocycles. The molecule has 0 heterocycles. The molecule has 7 nitrogen and oxygen atoms in total. The third-order valence-electron chi connectivity index (χ3n) is 7.04. The lowest BCUT2D eigenvalue weighted by Gasteiger charge is -2.34. The Morgan fingerprint density at radius 2 is 0.975 bits per heavy atom. The second kappa shape index (κ2) is 13.9. The number of nitrogens with zero attached hydrogens (tertiary/aromatic N) is 1. The fraction of sp³-hybridized carbons (Fsp3) is 0.419. The van der Waals surface area contributed by atoms with Gasteiger partial charge in [-0.15, -0.1) is 0 Å². The third-order valence-corrected chi connectivity index (χ3v) is 10.1. The fourth-order valence-corrected chi connectivity index (χ4v) is 7.09. The van der Waals surface area contributed by atoms with Crippen LogP contribution >= 0.6 is 0 Å². The Morgan fingerprint density at radius 3 is 1.32 bits per heavy atom. The molecule has 0 saturated heterocycles. The zero-order chi connectivity index (χ0) is 29.5. The van der Waals surface area contributed by atoms with Crippen LogP contribution in [-0.2, 0) is 26.6 Å². The molecule has 0 radical (unpaired) electrons. The van der Waals surface area contributed by atoms with Crippen LogP contribution in [0.4, 0.5) is 0 Å². The van der Waals surface area contributed by atoms with Gasteiger partial charge in [0, 0.05) is 31.7 Å². The van der Waals surface area contributed by atoms with E-state index < -0.39 is 32.1 Å². The van der Waals surface area contributed by atoms with Crippen LogP contribution in [0, 0.1) is 25.7 Å². The largest absolute Gasteiger partial charge is 0.296 e. The molecular formula is C31H43N3O4S2. The highest BCUT2D eigenvalue weighted by Crippen LogP contribution is 2.18. The average Bonchev–Trinajstić information content (AvgIpc) is 2.88. The molecule has 0 aliphatic rings. The fourth-order valence-electron chi connectivity index (χ4n) is 4.34. The minimum absolute atomic E-state index is 0.000229. The van der Waals surface area contributed by atoms with Gasteiger partial charge in [-0.25, -0.2) is 26.3 Å². The molecule has 218 valence electrons. The molecule has 2 atom stereocenters. The molecule has 3 rings (SSSR count). The molecule has 2 N–H and O–H groups in total. The molecule has 9 heteroatoms. The van der Waals surface area contributed by atoms with Crippen molar-refractivity contribution in [3.05, 3.63) is 95.6 Å². The van der Waals surface area contributed by atoms with Crippen molar-refractivity contribution in [2.75, 3.05) is 13.1 Å². The van der Waals surface area contributed by atoms with Crippen molar-refractivity contribution in [1.29, 1.82) is 0 Å². The lowest BCUT2D eigenvalue weighted by Crippen LogP contribution is -2.51. The Labute approximate surface area is 241 Å². The molecule has 0 amide bonds. The molecule has 0 unspecified atom stereocenters. The number of benzene rings is 3. The molecule has 0 fully saturated rings. The SMILES string of the molecule is Cc1ccc(S(=O)(=O)N[C@H](CN(Cc2ccccc2)C[C@@H](NS(=O)(=O)c2ccc(C)cc2)C(C)C)C(C)C)cc1. The molecule has 40 heavy (non-hydrogen) atoms. The summed E-state index contributed by atoms with van der Waals surface area (Å²) in [7, 11) is -7.48. The highest BCUT2D eigenvalue weighted by molar-refractivity contribution is 7.89. The van der Waals surface area contributed by atoms with E-state index in [1.165, 1.54) is 0 Å². The van der Waals surface area contributed by atoms with Crippen molar-refractivity contribution in [1.82, 2.24) is 14.3 Å². The van der Waals surface area contributed by atoms with E-state index >= 15 is 0 Å². The Hall–Kier alpha value is -2.56. The van der Waals surface area contributed by atoms with Gasteiger partial charge >= 0.3 is 0 Å². The maximum atomic E-state index is 13.3. The highest BCUT2D eigenvalue weighted by atomic mass is 32.2. The first-order valence-electron chi connectivity index (χ1n) is 13.7. The summed E-state index contributed by atoms with van der Waals surface area (Å²) in [6.07, 6.45) is 0. The number of hydrogen-bond donors (Lipinski definition) is 2. The van der Waals surface area contributed by atoms with Gasteiger partial charge in [0.15, 0.2) is 0 Å². The normalized spacial score (nSPS) is 14.1. The van der Waals surface area contributed by atoms with Gasteiger partial charge in [0.1, 0.15) is 0 Å². The zero-order valence-corrected chi connectivity index (χ0v) is 26.0. The monoisotopic (exact) mass is 585 g/mol. The van der Waals surface area contributed by atoms with Crippen molar-refractivity contribution in [3.63, 3.8) is 0 Å². The molecule has 0 aromatic heterocycles. The van der Waals surface area contributed by atoms with E-state index in [1.807, 2.05) is 71.9 Å². The Morgan fingerprint density at radius 1 is 0.600 bits per heavy atom. The van der Waals surface area contributed by atoms with Crippen molar-refractivity contribution in [2.45, 2.75) is 70.0 Å². The van der Waals surface area contributed by atoms with Gasteiger partial charge in [0.05, 0.1) is 9.79 Å². The molecule has 0 bridgehead atoms. The van der Waals surface area contributed by atoms with Gasteiger partial charge < -0.3 is 0 Å². The minimum atomic E-state index is -3.74. The van der Waals surface area contributed by atoms with E-state index in [2.05, 4.69) is 14.3 Å². The van der Waals surface area contributed by atoms with Crippen LogP contribution in [-0.4, -0.2) is 46.9 Å². The molecule has 3 aromatic carbocycles. The van der Waals surface area contributed by atoms with Crippen LogP contribution in [0.1, 0.15) is 44.4 Å². The summed E-state index contributed by atoms with van der Waals surface area (Å²) >= 11 is 0. The number of hydrogen-bond acceptors (Lipinski definition) is 5. The van der Waals surface area contributed by atoms with Crippen LogP contribution in [0.25, 0.3) is 0 Å². The zero-order valence-electron chi connectivity index (χ0n) is 24.3. The van der Waals surface area contributed by atoms with Gasteiger partial charge in [0.25, 0.3) is 0 Å². The predicted molar refractivity (Wildman–Crippen MR) is 162 cm³/mol. The summed E-state index contributed by atoms with van der Waals surface area (Å²) in [5.74, 6) is 0.000457. The summed E-state index contributed by atoms with van der Waals surface area (Å²) < 4.78 is 58.9. The maximum Gasteiger partial charge on any atom is 0.240 e. The van der Waals surface area contributed by atoms with E-state index in [0.717, 1.165) is 16.7 Å². The van der Waals surface area contributed by atoms with Crippen molar-refractivity contribution in [2.24, 2.45) is 11.8 Å². The van der Waals surface area contributed by atoms with Crippen LogP contribution in [0.3, 0.4) is 0 Å². The molecule has 3 aromatic rings. The maximum absolute atomic E-state index is 13.3. The lowest BCUT2D eigenvalue weighted by atomic mass is 10.0. The standard InChI is InChI=1S/C31H43N3O4S2/c1-23(2)30(32-39(35,36)28-16-12-25(5)13-17-28)21-34(20-27-10-8-7-9-11-27)22-31(24(3)4)33-40(37,38)29-18-14-26(6)15-19-29/h7-19,23-24,30-33H,20-22H2,1-6H3/t30-,31-/m1/s1. The number of sulfonamides is 2. The van der Waals surface area contributed by atoms with E-state index in [4.69, 9.17) is 0 Å². The second-order valence-corrected chi connectivity index (χ2v) is 14.7. The Balaban J connectivity index is 1.87. The first-order chi connectivity index (χ1) is 18.8. The van der Waals surface area contributed by atoms with Crippen LogP contribution in [0.5, 0.6) is 0 Å². The summed E-state index contributed by atoms with van der Waals surface area (Å²) in [6.45, 7) is 13.2. The molecular weight excluding hydrogens is 542 g/mol. The number of rotatable bonds is 14. The first kappa shape index (κ1) is 32.0. The van der Waals surface area contributed by atoms with Crippen molar-refractivity contribution < 1.29 is 16.8 Å². The Kier molecular flexibility index (Phi) is 11.1. The summed E-state index contributed by atoms with van der Waals surface area (Å²) in [6, 6.07) is 22.8. The van der Waals surface area contributed by atoms with Crippen LogP contribution in [0.2, 0.25) is 0 Å². The van der Waals surface area contributed by atoms with Gasteiger partial charge in [0.2, 0.25) is 20.0 Å².